The molecule has 2 aromatic heterocycles. The van der Waals surface area contributed by atoms with Crippen molar-refractivity contribution >= 4 is 5.65 Å². The fourth-order valence-electron chi connectivity index (χ4n) is 2.70. The van der Waals surface area contributed by atoms with E-state index in [0.29, 0.717) is 6.61 Å². The Labute approximate surface area is 148 Å². The minimum absolute atomic E-state index is 0.454. The lowest BCUT2D eigenvalue weighted by molar-refractivity contribution is 0.240. The lowest BCUT2D eigenvalue weighted by Gasteiger charge is -2.05. The molecule has 1 N–H and O–H groups in total. The van der Waals surface area contributed by atoms with Crippen molar-refractivity contribution in [2.45, 2.75) is 26.9 Å². The SMILES string of the molecule is COCC#Cc1ccc(CNCc2cnn3c(C)cc(C)nc23)cc1. The van der Waals surface area contributed by atoms with Crippen LogP contribution >= 0.6 is 0 Å². The van der Waals surface area contributed by atoms with E-state index in [2.05, 4.69) is 39.4 Å². The molecule has 3 aromatic rings. The van der Waals surface area contributed by atoms with Crippen molar-refractivity contribution in [1.82, 2.24) is 19.9 Å². The van der Waals surface area contributed by atoms with Gasteiger partial charge in [-0.2, -0.15) is 5.10 Å². The number of ether oxygens (including phenoxy) is 1. The second-order valence-corrected chi connectivity index (χ2v) is 5.98. The van der Waals surface area contributed by atoms with Crippen LogP contribution in [-0.4, -0.2) is 28.3 Å². The molecule has 0 aliphatic rings. The van der Waals surface area contributed by atoms with E-state index in [4.69, 9.17) is 4.74 Å². The van der Waals surface area contributed by atoms with Crippen molar-refractivity contribution in [3.05, 3.63) is 64.6 Å². The Balaban J connectivity index is 1.61. The van der Waals surface area contributed by atoms with Gasteiger partial charge in [0.2, 0.25) is 0 Å². The quantitative estimate of drug-likeness (QED) is 0.729. The van der Waals surface area contributed by atoms with Gasteiger partial charge in [-0.1, -0.05) is 24.0 Å². The maximum atomic E-state index is 4.93. The van der Waals surface area contributed by atoms with Crippen LogP contribution in [0, 0.1) is 25.7 Å². The Bertz CT molecular complexity index is 917. The number of benzene rings is 1. The third kappa shape index (κ3) is 4.24. The summed E-state index contributed by atoms with van der Waals surface area (Å²) >= 11 is 0. The van der Waals surface area contributed by atoms with Gasteiger partial charge in [-0.15, -0.1) is 0 Å². The summed E-state index contributed by atoms with van der Waals surface area (Å²) in [5, 5.41) is 7.88. The number of aryl methyl sites for hydroxylation is 2. The second kappa shape index (κ2) is 7.93. The molecule has 0 radical (unpaired) electrons. The normalized spacial score (nSPS) is 10.7. The first kappa shape index (κ1) is 17.2. The minimum atomic E-state index is 0.454. The molecular formula is C20H22N4O. The molecule has 1 aromatic carbocycles. The molecule has 0 aliphatic carbocycles. The van der Waals surface area contributed by atoms with Crippen molar-refractivity contribution < 1.29 is 4.74 Å². The van der Waals surface area contributed by atoms with Crippen molar-refractivity contribution in [3.8, 4) is 11.8 Å². The molecule has 0 saturated carbocycles. The highest BCUT2D eigenvalue weighted by Gasteiger charge is 2.07. The number of aromatic nitrogens is 3. The minimum Gasteiger partial charge on any atom is -0.372 e. The van der Waals surface area contributed by atoms with Crippen LogP contribution in [-0.2, 0) is 17.8 Å². The zero-order chi connectivity index (χ0) is 17.6. The summed E-state index contributed by atoms with van der Waals surface area (Å²) in [5.41, 5.74) is 6.35. The zero-order valence-electron chi connectivity index (χ0n) is 14.8. The van der Waals surface area contributed by atoms with Gasteiger partial charge in [-0.05, 0) is 37.6 Å². The van der Waals surface area contributed by atoms with Gasteiger partial charge < -0.3 is 10.1 Å². The number of fused-ring (bicyclic) bond motifs is 1. The van der Waals surface area contributed by atoms with Crippen molar-refractivity contribution in [2.24, 2.45) is 0 Å². The fraction of sp³-hybridized carbons (Fsp3) is 0.300. The van der Waals surface area contributed by atoms with E-state index in [1.54, 1.807) is 7.11 Å². The molecular weight excluding hydrogens is 312 g/mol. The van der Waals surface area contributed by atoms with Gasteiger partial charge in [0.25, 0.3) is 0 Å². The standard InChI is InChI=1S/C20H22N4O/c1-15-11-16(2)24-20(23-15)19(14-22-24)13-21-12-18-8-6-17(7-9-18)5-4-10-25-3/h6-9,11,14,21H,10,12-13H2,1-3H3. The highest BCUT2D eigenvalue weighted by molar-refractivity contribution is 5.47. The molecule has 25 heavy (non-hydrogen) atoms. The summed E-state index contributed by atoms with van der Waals surface area (Å²) in [6.45, 7) is 6.02. The number of nitrogens with one attached hydrogen (secondary N) is 1. The van der Waals surface area contributed by atoms with Gasteiger partial charge in [0, 0.05) is 42.7 Å². The van der Waals surface area contributed by atoms with Crippen molar-refractivity contribution in [1.29, 1.82) is 0 Å². The van der Waals surface area contributed by atoms with E-state index in [9.17, 15) is 0 Å². The van der Waals surface area contributed by atoms with E-state index in [-0.39, 0.29) is 0 Å². The van der Waals surface area contributed by atoms with Gasteiger partial charge in [0.05, 0.1) is 6.20 Å². The second-order valence-electron chi connectivity index (χ2n) is 5.98. The predicted molar refractivity (Wildman–Crippen MR) is 98.2 cm³/mol. The molecule has 0 atom stereocenters. The third-order valence-electron chi connectivity index (χ3n) is 3.90. The van der Waals surface area contributed by atoms with Crippen LogP contribution < -0.4 is 5.32 Å². The van der Waals surface area contributed by atoms with E-state index < -0.39 is 0 Å². The van der Waals surface area contributed by atoms with Crippen LogP contribution in [0.25, 0.3) is 5.65 Å². The van der Waals surface area contributed by atoms with Crippen LogP contribution in [0.4, 0.5) is 0 Å². The molecule has 0 aliphatic heterocycles. The largest absolute Gasteiger partial charge is 0.372 e. The van der Waals surface area contributed by atoms with Crippen LogP contribution in [0.3, 0.4) is 0 Å². The first-order chi connectivity index (χ1) is 12.2. The summed E-state index contributed by atoms with van der Waals surface area (Å²) < 4.78 is 6.81. The van der Waals surface area contributed by atoms with E-state index in [1.807, 2.05) is 42.8 Å². The maximum Gasteiger partial charge on any atom is 0.159 e. The molecule has 2 heterocycles. The Morgan fingerprint density at radius 2 is 1.96 bits per heavy atom. The number of hydrogen-bond donors (Lipinski definition) is 1. The molecule has 0 spiro atoms. The lowest BCUT2D eigenvalue weighted by Crippen LogP contribution is -2.13. The Hall–Kier alpha value is -2.68. The number of hydrogen-bond acceptors (Lipinski definition) is 4. The highest BCUT2D eigenvalue weighted by Crippen LogP contribution is 2.12. The maximum absolute atomic E-state index is 4.93. The van der Waals surface area contributed by atoms with E-state index in [1.165, 1.54) is 5.56 Å². The summed E-state index contributed by atoms with van der Waals surface area (Å²) in [5.74, 6) is 6.02. The summed E-state index contributed by atoms with van der Waals surface area (Å²) in [4.78, 5) is 4.60. The van der Waals surface area contributed by atoms with E-state index in [0.717, 1.165) is 41.3 Å². The Morgan fingerprint density at radius 1 is 1.16 bits per heavy atom. The summed E-state index contributed by atoms with van der Waals surface area (Å²) in [7, 11) is 1.64. The average Bonchev–Trinajstić information content (AvgIpc) is 3.00. The van der Waals surface area contributed by atoms with Crippen LogP contribution in [0.2, 0.25) is 0 Å². The first-order valence-corrected chi connectivity index (χ1v) is 8.25. The molecule has 5 nitrogen and oxygen atoms in total. The zero-order valence-corrected chi connectivity index (χ0v) is 14.8. The molecule has 3 rings (SSSR count). The van der Waals surface area contributed by atoms with Crippen LogP contribution in [0.1, 0.15) is 28.1 Å². The first-order valence-electron chi connectivity index (χ1n) is 8.25. The monoisotopic (exact) mass is 334 g/mol. The van der Waals surface area contributed by atoms with E-state index >= 15 is 0 Å². The number of rotatable bonds is 5. The molecule has 0 bridgehead atoms. The number of methoxy groups -OCH3 is 1. The van der Waals surface area contributed by atoms with Crippen molar-refractivity contribution in [2.75, 3.05) is 13.7 Å². The Morgan fingerprint density at radius 3 is 2.72 bits per heavy atom. The molecule has 0 fully saturated rings. The van der Waals surface area contributed by atoms with Gasteiger partial charge in [0.1, 0.15) is 6.61 Å². The van der Waals surface area contributed by atoms with Gasteiger partial charge in [0.15, 0.2) is 5.65 Å². The average molecular weight is 334 g/mol. The Kier molecular flexibility index (Phi) is 5.44. The molecule has 128 valence electrons. The smallest absolute Gasteiger partial charge is 0.159 e. The summed E-state index contributed by atoms with van der Waals surface area (Å²) in [6, 6.07) is 10.3. The van der Waals surface area contributed by atoms with Gasteiger partial charge in [-0.3, -0.25) is 0 Å². The predicted octanol–water partition coefficient (Wildman–Crippen LogP) is 2.63. The summed E-state index contributed by atoms with van der Waals surface area (Å²) in [6.07, 6.45) is 1.89. The topological polar surface area (TPSA) is 51.5 Å². The lowest BCUT2D eigenvalue weighted by atomic mass is 10.1. The molecule has 5 heteroatoms. The highest BCUT2D eigenvalue weighted by atomic mass is 16.5. The van der Waals surface area contributed by atoms with Crippen LogP contribution in [0.15, 0.2) is 36.5 Å². The van der Waals surface area contributed by atoms with Gasteiger partial charge >= 0.3 is 0 Å². The number of nitrogens with zero attached hydrogens (tertiary/aromatic N) is 3. The third-order valence-corrected chi connectivity index (χ3v) is 3.90. The van der Waals surface area contributed by atoms with Crippen molar-refractivity contribution in [3.63, 3.8) is 0 Å². The fourth-order valence-corrected chi connectivity index (χ4v) is 2.70. The molecule has 0 amide bonds. The molecule has 0 saturated heterocycles. The van der Waals surface area contributed by atoms with Gasteiger partial charge in [-0.25, -0.2) is 9.50 Å². The van der Waals surface area contributed by atoms with Crippen LogP contribution in [0.5, 0.6) is 0 Å². The molecule has 0 unspecified atom stereocenters.